The Hall–Kier alpha value is -2.31. The molecular formula is C81H149NO13. The molecule has 2 heterocycles. The summed E-state index contributed by atoms with van der Waals surface area (Å²) >= 11 is 0. The fourth-order valence-corrected chi connectivity index (χ4v) is 13.2. The van der Waals surface area contributed by atoms with Crippen molar-refractivity contribution in [1.82, 2.24) is 5.32 Å². The normalized spacial score (nSPS) is 22.6. The lowest BCUT2D eigenvalue weighted by atomic mass is 9.97. The number of carbonyl (C=O) groups excluding carboxylic acids is 1. The van der Waals surface area contributed by atoms with E-state index in [1.54, 1.807) is 6.08 Å². The SMILES string of the molecule is CC/C=C\C/C=C\C/C=C\C/C=C\CCCCCCCCCCCCCCCCCCCCCCCCCCC(=O)NC(COC1OC(CO)C(OC2OC(CO)C(O)C(O)C2O)C(O)C1O)C(O)/C=C/CCCCCCCCCCCCCCCCCCCCCCCC. The van der Waals surface area contributed by atoms with E-state index in [1.165, 1.54) is 263 Å². The molecule has 2 fully saturated rings. The van der Waals surface area contributed by atoms with Crippen LogP contribution in [0.5, 0.6) is 0 Å². The Kier molecular flexibility index (Phi) is 60.8. The molecule has 0 aliphatic carbocycles. The monoisotopic (exact) mass is 1340 g/mol. The molecule has 12 unspecified atom stereocenters. The molecule has 2 saturated heterocycles. The van der Waals surface area contributed by atoms with Crippen molar-refractivity contribution in [2.75, 3.05) is 19.8 Å². The number of hydrogen-bond donors (Lipinski definition) is 9. The van der Waals surface area contributed by atoms with Gasteiger partial charge in [0.1, 0.15) is 48.8 Å². The van der Waals surface area contributed by atoms with Crippen molar-refractivity contribution in [3.8, 4) is 0 Å². The van der Waals surface area contributed by atoms with Crippen LogP contribution in [0.2, 0.25) is 0 Å². The predicted molar refractivity (Wildman–Crippen MR) is 392 cm³/mol. The predicted octanol–water partition coefficient (Wildman–Crippen LogP) is 18.0. The van der Waals surface area contributed by atoms with Gasteiger partial charge in [0.2, 0.25) is 5.91 Å². The Bertz CT molecular complexity index is 1830. The quantitative estimate of drug-likeness (QED) is 0.0204. The number of amides is 1. The first-order chi connectivity index (χ1) is 46.6. The number of nitrogens with one attached hydrogen (secondary N) is 1. The number of aliphatic hydroxyl groups excluding tert-OH is 8. The number of ether oxygens (including phenoxy) is 4. The molecule has 0 bridgehead atoms. The molecule has 95 heavy (non-hydrogen) atoms. The van der Waals surface area contributed by atoms with Gasteiger partial charge in [0.15, 0.2) is 12.6 Å². The Labute approximate surface area is 581 Å². The smallest absolute Gasteiger partial charge is 0.220 e. The lowest BCUT2D eigenvalue weighted by molar-refractivity contribution is -0.359. The Morgan fingerprint density at radius 1 is 0.389 bits per heavy atom. The highest BCUT2D eigenvalue weighted by atomic mass is 16.7. The van der Waals surface area contributed by atoms with Crippen LogP contribution in [0.3, 0.4) is 0 Å². The third-order valence-electron chi connectivity index (χ3n) is 19.5. The summed E-state index contributed by atoms with van der Waals surface area (Å²) in [5.74, 6) is -0.232. The lowest BCUT2D eigenvalue weighted by Crippen LogP contribution is -2.65. The van der Waals surface area contributed by atoms with Gasteiger partial charge in [-0.2, -0.15) is 0 Å². The van der Waals surface area contributed by atoms with Crippen LogP contribution in [0, 0.1) is 0 Å². The molecule has 0 saturated carbocycles. The van der Waals surface area contributed by atoms with Crippen LogP contribution in [-0.4, -0.2) is 140 Å². The van der Waals surface area contributed by atoms with Crippen LogP contribution in [0.4, 0.5) is 0 Å². The molecule has 0 aromatic carbocycles. The summed E-state index contributed by atoms with van der Waals surface area (Å²) < 4.78 is 22.9. The average molecular weight is 1350 g/mol. The number of hydrogen-bond acceptors (Lipinski definition) is 13. The molecule has 14 nitrogen and oxygen atoms in total. The zero-order chi connectivity index (χ0) is 68.7. The van der Waals surface area contributed by atoms with Crippen LogP contribution in [0.15, 0.2) is 60.8 Å². The van der Waals surface area contributed by atoms with Gasteiger partial charge in [-0.25, -0.2) is 0 Å². The largest absolute Gasteiger partial charge is 0.394 e. The Morgan fingerprint density at radius 2 is 0.726 bits per heavy atom. The van der Waals surface area contributed by atoms with E-state index in [-0.39, 0.29) is 18.9 Å². The minimum absolute atomic E-state index is 0.232. The minimum Gasteiger partial charge on any atom is -0.394 e. The van der Waals surface area contributed by atoms with E-state index < -0.39 is 86.8 Å². The minimum atomic E-state index is -1.79. The molecule has 2 aliphatic rings. The summed E-state index contributed by atoms with van der Waals surface area (Å²) in [6.45, 7) is 2.74. The number of carbonyl (C=O) groups is 1. The van der Waals surface area contributed by atoms with E-state index in [1.807, 2.05) is 6.08 Å². The molecule has 0 spiro atoms. The number of rotatable bonds is 67. The van der Waals surface area contributed by atoms with Crippen LogP contribution >= 0.6 is 0 Å². The Morgan fingerprint density at radius 3 is 1.12 bits per heavy atom. The van der Waals surface area contributed by atoms with Gasteiger partial charge in [-0.05, 0) is 57.8 Å². The second-order valence-electron chi connectivity index (χ2n) is 28.2. The number of allylic oxidation sites excluding steroid dienone is 9. The Balaban J connectivity index is 1.59. The van der Waals surface area contributed by atoms with Gasteiger partial charge in [-0.1, -0.05) is 351 Å². The van der Waals surface area contributed by atoms with E-state index >= 15 is 0 Å². The summed E-state index contributed by atoms with van der Waals surface area (Å²) in [7, 11) is 0. The molecule has 0 aromatic rings. The van der Waals surface area contributed by atoms with Crippen LogP contribution in [0.1, 0.15) is 354 Å². The van der Waals surface area contributed by atoms with Gasteiger partial charge in [-0.15, -0.1) is 0 Å². The molecule has 556 valence electrons. The highest BCUT2D eigenvalue weighted by Crippen LogP contribution is 2.30. The molecule has 2 aliphatic heterocycles. The fraction of sp³-hybridized carbons (Fsp3) is 0.864. The van der Waals surface area contributed by atoms with E-state index in [2.05, 4.69) is 67.8 Å². The van der Waals surface area contributed by atoms with E-state index in [9.17, 15) is 45.6 Å². The van der Waals surface area contributed by atoms with Crippen LogP contribution < -0.4 is 5.32 Å². The van der Waals surface area contributed by atoms with Crippen molar-refractivity contribution in [3.63, 3.8) is 0 Å². The summed E-state index contributed by atoms with van der Waals surface area (Å²) in [6.07, 6.45) is 71.6. The fourth-order valence-electron chi connectivity index (χ4n) is 13.2. The standard InChI is InChI=1S/C81H149NO13/c1-3-5-7-9-11-13-15-17-19-21-23-25-27-29-30-31-32-33-34-35-36-37-38-39-40-41-43-45-47-49-51-53-55-57-59-61-63-65-73(86)82-69(68-92-80-78(91)76(89)79(72(67-84)94-80)95-81-77(90)75(88)74(87)71(66-83)93-81)70(85)64-62-60-58-56-54-52-50-48-46-44-42-28-26-24-22-20-18-16-14-12-10-8-6-4-2/h5,7,11,13,17,19,23,25,62,64,69-72,74-81,83-85,87-91H,3-4,6,8-10,12,14-16,18,20-22,24,26-61,63,65-68H2,1-2H3,(H,82,86)/b7-5-,13-11-,19-17-,25-23-,64-62+. The van der Waals surface area contributed by atoms with Gasteiger partial charge in [-0.3, -0.25) is 4.79 Å². The number of unbranched alkanes of at least 4 members (excludes halogenated alkanes) is 46. The first-order valence-electron chi connectivity index (χ1n) is 40.0. The molecule has 14 heteroatoms. The third kappa shape index (κ3) is 48.2. The molecule has 1 amide bonds. The van der Waals surface area contributed by atoms with Gasteiger partial charge >= 0.3 is 0 Å². The summed E-state index contributed by atoms with van der Waals surface area (Å²) in [5, 5.41) is 87.7. The molecule has 0 radical (unpaired) electrons. The highest BCUT2D eigenvalue weighted by molar-refractivity contribution is 5.76. The molecule has 12 atom stereocenters. The van der Waals surface area contributed by atoms with Crippen molar-refractivity contribution in [1.29, 1.82) is 0 Å². The molecule has 9 N–H and O–H groups in total. The second-order valence-corrected chi connectivity index (χ2v) is 28.2. The van der Waals surface area contributed by atoms with Crippen molar-refractivity contribution in [2.24, 2.45) is 0 Å². The van der Waals surface area contributed by atoms with Crippen molar-refractivity contribution in [3.05, 3.63) is 60.8 Å². The maximum atomic E-state index is 13.4. The summed E-state index contributed by atoms with van der Waals surface area (Å²) in [5.41, 5.74) is 0. The lowest BCUT2D eigenvalue weighted by Gasteiger charge is -2.46. The van der Waals surface area contributed by atoms with Gasteiger partial charge in [0.25, 0.3) is 0 Å². The van der Waals surface area contributed by atoms with E-state index in [0.717, 1.165) is 64.2 Å². The first kappa shape index (κ1) is 88.8. The maximum absolute atomic E-state index is 13.4. The van der Waals surface area contributed by atoms with Gasteiger partial charge in [0, 0.05) is 6.42 Å². The van der Waals surface area contributed by atoms with E-state index in [4.69, 9.17) is 18.9 Å². The topological polar surface area (TPSA) is 228 Å². The molecular weight excluding hydrogens is 1190 g/mol. The molecule has 2 rings (SSSR count). The zero-order valence-electron chi connectivity index (χ0n) is 60.9. The van der Waals surface area contributed by atoms with Crippen molar-refractivity contribution in [2.45, 2.75) is 428 Å². The zero-order valence-corrected chi connectivity index (χ0v) is 60.9. The average Bonchev–Trinajstić information content (AvgIpc) is 0.927. The first-order valence-corrected chi connectivity index (χ1v) is 40.0. The summed E-state index contributed by atoms with van der Waals surface area (Å²) in [6, 6.07) is -0.916. The van der Waals surface area contributed by atoms with Crippen molar-refractivity contribution < 1.29 is 64.6 Å². The second kappa shape index (κ2) is 65.0. The number of aliphatic hydroxyl groups is 8. The van der Waals surface area contributed by atoms with Crippen molar-refractivity contribution >= 4 is 5.91 Å². The summed E-state index contributed by atoms with van der Waals surface area (Å²) in [4.78, 5) is 13.4. The van der Waals surface area contributed by atoms with Crippen LogP contribution in [0.25, 0.3) is 0 Å². The van der Waals surface area contributed by atoms with Crippen LogP contribution in [-0.2, 0) is 23.7 Å². The highest BCUT2D eigenvalue weighted by Gasteiger charge is 2.51. The maximum Gasteiger partial charge on any atom is 0.220 e. The van der Waals surface area contributed by atoms with Gasteiger partial charge < -0.3 is 65.1 Å². The molecule has 0 aromatic heterocycles. The van der Waals surface area contributed by atoms with E-state index in [0.29, 0.717) is 6.42 Å². The van der Waals surface area contributed by atoms with Gasteiger partial charge in [0.05, 0.1) is 32.0 Å². The third-order valence-corrected chi connectivity index (χ3v) is 19.5.